The predicted octanol–water partition coefficient (Wildman–Crippen LogP) is 1.62. The molecule has 0 aliphatic carbocycles. The number of aliphatic hydroxyl groups is 2. The van der Waals surface area contributed by atoms with Gasteiger partial charge in [-0.1, -0.05) is 18.2 Å². The summed E-state index contributed by atoms with van der Waals surface area (Å²) in [6.45, 7) is -0.0876. The molecule has 0 aliphatic rings. The summed E-state index contributed by atoms with van der Waals surface area (Å²) in [6.07, 6.45) is 4.02. The Hall–Kier alpha value is -2.50. The van der Waals surface area contributed by atoms with Crippen LogP contribution < -0.4 is 0 Å². The molecule has 0 bridgehead atoms. The van der Waals surface area contributed by atoms with Gasteiger partial charge in [-0.05, 0) is 18.2 Å². The molecule has 2 heterocycles. The van der Waals surface area contributed by atoms with Crippen molar-refractivity contribution in [3.8, 4) is 0 Å². The van der Waals surface area contributed by atoms with Crippen LogP contribution in [0.25, 0.3) is 10.9 Å². The van der Waals surface area contributed by atoms with Crippen LogP contribution in [0.3, 0.4) is 0 Å². The van der Waals surface area contributed by atoms with Crippen LogP contribution in [0.15, 0.2) is 55.0 Å². The number of para-hydroxylation sites is 1. The van der Waals surface area contributed by atoms with Crippen LogP contribution in [0.2, 0.25) is 0 Å². The molecule has 5 heteroatoms. The quantitative estimate of drug-likeness (QED) is 0.702. The first-order valence-electron chi connectivity index (χ1n) is 7.02. The predicted molar refractivity (Wildman–Crippen MR) is 82.7 cm³/mol. The van der Waals surface area contributed by atoms with Crippen molar-refractivity contribution in [3.05, 3.63) is 66.1 Å². The number of hydrogen-bond donors (Lipinski definition) is 2. The smallest absolute Gasteiger partial charge is 0.196 e. The summed E-state index contributed by atoms with van der Waals surface area (Å²) in [4.78, 5) is 16.6. The van der Waals surface area contributed by atoms with Gasteiger partial charge in [0, 0.05) is 40.6 Å². The molecule has 1 aromatic carbocycles. The van der Waals surface area contributed by atoms with Crippen molar-refractivity contribution in [2.45, 2.75) is 12.6 Å². The highest BCUT2D eigenvalue weighted by Gasteiger charge is 2.17. The molecule has 5 nitrogen and oxygen atoms in total. The van der Waals surface area contributed by atoms with Gasteiger partial charge < -0.3 is 14.8 Å². The zero-order chi connectivity index (χ0) is 15.5. The summed E-state index contributed by atoms with van der Waals surface area (Å²) in [7, 11) is 0. The number of nitrogens with zero attached hydrogens (tertiary/aromatic N) is 2. The zero-order valence-corrected chi connectivity index (χ0v) is 11.9. The molecular formula is C17H16N2O3. The summed E-state index contributed by atoms with van der Waals surface area (Å²) in [6, 6.07) is 11.0. The molecule has 0 saturated carbocycles. The number of pyridine rings is 1. The van der Waals surface area contributed by atoms with Crippen molar-refractivity contribution in [1.82, 2.24) is 9.55 Å². The molecule has 0 radical (unpaired) electrons. The number of aromatic nitrogens is 2. The Kier molecular flexibility index (Phi) is 4.00. The van der Waals surface area contributed by atoms with Crippen LogP contribution in [0.1, 0.15) is 15.9 Å². The summed E-state index contributed by atoms with van der Waals surface area (Å²) in [5.74, 6) is -0.110. The maximum absolute atomic E-state index is 12.7. The number of carbonyl (C=O) groups excluding carboxylic acids is 1. The van der Waals surface area contributed by atoms with Crippen molar-refractivity contribution in [3.63, 3.8) is 0 Å². The molecule has 112 valence electrons. The molecule has 3 rings (SSSR count). The van der Waals surface area contributed by atoms with Crippen LogP contribution in [-0.2, 0) is 6.54 Å². The highest BCUT2D eigenvalue weighted by atomic mass is 16.3. The monoisotopic (exact) mass is 296 g/mol. The Bertz CT molecular complexity index is 796. The standard InChI is InChI=1S/C17H16N2O3/c20-11-13(21)9-19-10-15(14-5-1-2-6-16(14)19)17(22)12-4-3-7-18-8-12/h1-8,10,13,20-21H,9,11H2. The molecule has 2 aromatic heterocycles. The fraction of sp³-hybridized carbons (Fsp3) is 0.176. The van der Waals surface area contributed by atoms with Crippen LogP contribution in [-0.4, -0.2) is 38.3 Å². The molecule has 22 heavy (non-hydrogen) atoms. The molecule has 1 atom stereocenters. The Morgan fingerprint density at radius 1 is 1.23 bits per heavy atom. The van der Waals surface area contributed by atoms with Crippen LogP contribution in [0.5, 0.6) is 0 Å². The van der Waals surface area contributed by atoms with E-state index in [9.17, 15) is 9.90 Å². The third kappa shape index (κ3) is 2.64. The molecule has 1 unspecified atom stereocenters. The van der Waals surface area contributed by atoms with E-state index in [-0.39, 0.29) is 18.9 Å². The maximum atomic E-state index is 12.7. The van der Waals surface area contributed by atoms with Crippen molar-refractivity contribution in [2.24, 2.45) is 0 Å². The summed E-state index contributed by atoms with van der Waals surface area (Å²) in [5.41, 5.74) is 1.93. The average molecular weight is 296 g/mol. The second-order valence-electron chi connectivity index (χ2n) is 5.12. The van der Waals surface area contributed by atoms with Gasteiger partial charge >= 0.3 is 0 Å². The first kappa shape index (κ1) is 14.4. The van der Waals surface area contributed by atoms with Gasteiger partial charge in [0.05, 0.1) is 19.3 Å². The van der Waals surface area contributed by atoms with E-state index < -0.39 is 6.10 Å². The highest BCUT2D eigenvalue weighted by molar-refractivity contribution is 6.16. The second-order valence-corrected chi connectivity index (χ2v) is 5.12. The lowest BCUT2D eigenvalue weighted by atomic mass is 10.0. The third-order valence-corrected chi connectivity index (χ3v) is 3.58. The average Bonchev–Trinajstić information content (AvgIpc) is 2.93. The van der Waals surface area contributed by atoms with Gasteiger partial charge in [0.25, 0.3) is 0 Å². The van der Waals surface area contributed by atoms with Gasteiger partial charge in [-0.3, -0.25) is 9.78 Å². The lowest BCUT2D eigenvalue weighted by molar-refractivity contribution is 0.0821. The summed E-state index contributed by atoms with van der Waals surface area (Å²) < 4.78 is 1.79. The van der Waals surface area contributed by atoms with Gasteiger partial charge in [0.1, 0.15) is 0 Å². The maximum Gasteiger partial charge on any atom is 0.196 e. The third-order valence-electron chi connectivity index (χ3n) is 3.58. The van der Waals surface area contributed by atoms with Crippen molar-refractivity contribution < 1.29 is 15.0 Å². The highest BCUT2D eigenvalue weighted by Crippen LogP contribution is 2.24. The molecule has 2 N–H and O–H groups in total. The van der Waals surface area contributed by atoms with Crippen LogP contribution in [0.4, 0.5) is 0 Å². The van der Waals surface area contributed by atoms with Crippen molar-refractivity contribution in [1.29, 1.82) is 0 Å². The SMILES string of the molecule is O=C(c1cccnc1)c1cn(CC(O)CO)c2ccccc12. The number of ketones is 1. The van der Waals surface area contributed by atoms with Gasteiger partial charge in [-0.2, -0.15) is 0 Å². The molecule has 0 amide bonds. The van der Waals surface area contributed by atoms with E-state index in [0.717, 1.165) is 10.9 Å². The number of rotatable bonds is 5. The van der Waals surface area contributed by atoms with Crippen LogP contribution in [0, 0.1) is 0 Å². The van der Waals surface area contributed by atoms with Gasteiger partial charge in [-0.15, -0.1) is 0 Å². The number of hydrogen-bond acceptors (Lipinski definition) is 4. The Morgan fingerprint density at radius 2 is 2.05 bits per heavy atom. The Morgan fingerprint density at radius 3 is 2.77 bits per heavy atom. The first-order chi connectivity index (χ1) is 10.7. The molecule has 0 fully saturated rings. The lowest BCUT2D eigenvalue weighted by Gasteiger charge is -2.09. The molecular weight excluding hydrogens is 280 g/mol. The fourth-order valence-electron chi connectivity index (χ4n) is 2.52. The van der Waals surface area contributed by atoms with Crippen molar-refractivity contribution >= 4 is 16.7 Å². The van der Waals surface area contributed by atoms with E-state index in [1.54, 1.807) is 29.1 Å². The Balaban J connectivity index is 2.08. The molecule has 0 saturated heterocycles. The van der Waals surface area contributed by atoms with Gasteiger partial charge in [0.15, 0.2) is 5.78 Å². The first-order valence-corrected chi connectivity index (χ1v) is 7.02. The number of aliphatic hydroxyl groups excluding tert-OH is 2. The minimum Gasteiger partial charge on any atom is -0.394 e. The van der Waals surface area contributed by atoms with E-state index >= 15 is 0 Å². The number of carbonyl (C=O) groups is 1. The second kappa shape index (κ2) is 6.09. The number of benzene rings is 1. The van der Waals surface area contributed by atoms with E-state index in [2.05, 4.69) is 4.98 Å². The van der Waals surface area contributed by atoms with Crippen molar-refractivity contribution in [2.75, 3.05) is 6.61 Å². The van der Waals surface area contributed by atoms with E-state index in [1.807, 2.05) is 24.3 Å². The number of fused-ring (bicyclic) bond motifs is 1. The molecule has 0 spiro atoms. The largest absolute Gasteiger partial charge is 0.394 e. The van der Waals surface area contributed by atoms with Gasteiger partial charge in [-0.25, -0.2) is 0 Å². The van der Waals surface area contributed by atoms with E-state index in [0.29, 0.717) is 11.1 Å². The topological polar surface area (TPSA) is 75.4 Å². The zero-order valence-electron chi connectivity index (χ0n) is 11.9. The Labute approximate surface area is 127 Å². The molecule has 0 aliphatic heterocycles. The normalized spacial score (nSPS) is 12.5. The molecule has 3 aromatic rings. The minimum atomic E-state index is -0.864. The lowest BCUT2D eigenvalue weighted by Crippen LogP contribution is -2.19. The van der Waals surface area contributed by atoms with E-state index in [1.165, 1.54) is 6.20 Å². The van der Waals surface area contributed by atoms with Crippen LogP contribution >= 0.6 is 0 Å². The minimum absolute atomic E-state index is 0.110. The van der Waals surface area contributed by atoms with E-state index in [4.69, 9.17) is 5.11 Å². The summed E-state index contributed by atoms with van der Waals surface area (Å²) >= 11 is 0. The van der Waals surface area contributed by atoms with Gasteiger partial charge in [0.2, 0.25) is 0 Å². The summed E-state index contributed by atoms with van der Waals surface area (Å²) in [5, 5.41) is 19.5. The fourth-order valence-corrected chi connectivity index (χ4v) is 2.52.